The van der Waals surface area contributed by atoms with Crippen LogP contribution in [0.5, 0.6) is 11.5 Å². The zero-order chi connectivity index (χ0) is 16.6. The van der Waals surface area contributed by atoms with E-state index in [0.29, 0.717) is 31.1 Å². The van der Waals surface area contributed by atoms with E-state index in [1.165, 1.54) is 17.0 Å². The van der Waals surface area contributed by atoms with Crippen molar-refractivity contribution in [3.8, 4) is 11.5 Å². The molecule has 2 aliphatic heterocycles. The number of likely N-dealkylation sites (tertiary alicyclic amines) is 1. The van der Waals surface area contributed by atoms with Crippen LogP contribution >= 0.6 is 11.6 Å². The van der Waals surface area contributed by atoms with Crippen LogP contribution in [0.1, 0.15) is 23.2 Å². The molecule has 1 atom stereocenters. The van der Waals surface area contributed by atoms with Crippen molar-refractivity contribution >= 4 is 23.5 Å². The summed E-state index contributed by atoms with van der Waals surface area (Å²) in [7, 11) is 0. The third kappa shape index (κ3) is 2.94. The number of hydrogen-bond acceptors (Lipinski definition) is 5. The van der Waals surface area contributed by atoms with E-state index in [2.05, 4.69) is 0 Å². The van der Waals surface area contributed by atoms with Gasteiger partial charge < -0.3 is 24.6 Å². The predicted octanol–water partition coefficient (Wildman–Crippen LogP) is 1.16. The van der Waals surface area contributed by atoms with Gasteiger partial charge in [-0.05, 0) is 12.1 Å². The molecule has 3 rings (SSSR count). The van der Waals surface area contributed by atoms with Gasteiger partial charge in [-0.25, -0.2) is 4.79 Å². The molecule has 1 aromatic rings. The fraction of sp³-hybridized carbons (Fsp3) is 0.467. The van der Waals surface area contributed by atoms with E-state index in [4.69, 9.17) is 26.2 Å². The Kier molecular flexibility index (Phi) is 4.08. The Labute approximate surface area is 137 Å². The monoisotopic (exact) mass is 341 g/mol. The first-order valence-corrected chi connectivity index (χ1v) is 7.63. The average molecular weight is 342 g/mol. The van der Waals surface area contributed by atoms with Gasteiger partial charge in [0.15, 0.2) is 17.1 Å². The third-order valence-corrected chi connectivity index (χ3v) is 4.26. The molecule has 1 aromatic carbocycles. The number of β-amino-alcohol motifs (C(OH)–C–C–N with tert-alkyl or cyclic N) is 1. The molecule has 7 nitrogen and oxygen atoms in total. The molecule has 1 amide bonds. The minimum Gasteiger partial charge on any atom is -0.489 e. The first-order valence-electron chi connectivity index (χ1n) is 7.25. The second-order valence-electron chi connectivity index (χ2n) is 5.65. The molecular formula is C15H16ClNO6. The standard InChI is InChI=1S/C15H16ClNO6/c16-10-6-9(7-11-12(10)23-5-1-4-22-11)13(18)17-3-2-15(21,8-17)14(19)20/h6-7,21H,1-5,8H2,(H,19,20). The molecule has 1 fully saturated rings. The van der Waals surface area contributed by atoms with E-state index < -0.39 is 17.5 Å². The van der Waals surface area contributed by atoms with Crippen molar-refractivity contribution in [1.29, 1.82) is 0 Å². The van der Waals surface area contributed by atoms with Crippen molar-refractivity contribution in [2.75, 3.05) is 26.3 Å². The van der Waals surface area contributed by atoms with Gasteiger partial charge in [0, 0.05) is 24.9 Å². The molecule has 124 valence electrons. The van der Waals surface area contributed by atoms with Gasteiger partial charge in [-0.1, -0.05) is 11.6 Å². The van der Waals surface area contributed by atoms with Crippen LogP contribution in [0.2, 0.25) is 5.02 Å². The summed E-state index contributed by atoms with van der Waals surface area (Å²) in [5.74, 6) is -0.931. The Hall–Kier alpha value is -1.99. The first kappa shape index (κ1) is 15.9. The summed E-state index contributed by atoms with van der Waals surface area (Å²) in [4.78, 5) is 24.9. The van der Waals surface area contributed by atoms with Gasteiger partial charge in [0.05, 0.1) is 24.8 Å². The summed E-state index contributed by atoms with van der Waals surface area (Å²) in [6.45, 7) is 0.849. The summed E-state index contributed by atoms with van der Waals surface area (Å²) in [6.07, 6.45) is 0.707. The van der Waals surface area contributed by atoms with E-state index in [1.54, 1.807) is 0 Å². The van der Waals surface area contributed by atoms with Crippen LogP contribution < -0.4 is 9.47 Å². The van der Waals surface area contributed by atoms with Gasteiger partial charge >= 0.3 is 5.97 Å². The topological polar surface area (TPSA) is 96.3 Å². The molecule has 0 aliphatic carbocycles. The predicted molar refractivity (Wildman–Crippen MR) is 80.2 cm³/mol. The van der Waals surface area contributed by atoms with Crippen molar-refractivity contribution in [1.82, 2.24) is 4.90 Å². The largest absolute Gasteiger partial charge is 0.489 e. The zero-order valence-corrected chi connectivity index (χ0v) is 13.0. The van der Waals surface area contributed by atoms with Gasteiger partial charge in [-0.2, -0.15) is 0 Å². The van der Waals surface area contributed by atoms with Crippen molar-refractivity contribution < 1.29 is 29.3 Å². The van der Waals surface area contributed by atoms with Crippen LogP contribution in [0.3, 0.4) is 0 Å². The Morgan fingerprint density at radius 3 is 2.70 bits per heavy atom. The maximum atomic E-state index is 12.5. The molecule has 1 unspecified atom stereocenters. The van der Waals surface area contributed by atoms with E-state index in [0.717, 1.165) is 0 Å². The maximum Gasteiger partial charge on any atom is 0.337 e. The summed E-state index contributed by atoms with van der Waals surface area (Å²) in [5, 5.41) is 19.2. The molecule has 1 saturated heterocycles. The van der Waals surface area contributed by atoms with Crippen LogP contribution in [0, 0.1) is 0 Å². The highest BCUT2D eigenvalue weighted by Crippen LogP contribution is 2.38. The lowest BCUT2D eigenvalue weighted by molar-refractivity contribution is -0.156. The summed E-state index contributed by atoms with van der Waals surface area (Å²) in [5.41, 5.74) is -1.63. The smallest absolute Gasteiger partial charge is 0.337 e. The Balaban J connectivity index is 1.85. The Bertz CT molecular complexity index is 664. The summed E-state index contributed by atoms with van der Waals surface area (Å²) < 4.78 is 11.0. The van der Waals surface area contributed by atoms with Gasteiger partial charge in [0.25, 0.3) is 5.91 Å². The summed E-state index contributed by atoms with van der Waals surface area (Å²) >= 11 is 6.16. The lowest BCUT2D eigenvalue weighted by atomic mass is 10.0. The SMILES string of the molecule is O=C(c1cc(Cl)c2c(c1)OCCCO2)N1CCC(O)(C(=O)O)C1. The molecule has 0 aromatic heterocycles. The van der Waals surface area contributed by atoms with Gasteiger partial charge in [0.2, 0.25) is 0 Å². The number of rotatable bonds is 2. The quantitative estimate of drug-likeness (QED) is 0.838. The highest BCUT2D eigenvalue weighted by molar-refractivity contribution is 6.32. The van der Waals surface area contributed by atoms with Crippen LogP contribution in [-0.4, -0.2) is 58.9 Å². The van der Waals surface area contributed by atoms with E-state index in [-0.39, 0.29) is 30.1 Å². The lowest BCUT2D eigenvalue weighted by Crippen LogP contribution is -2.42. The zero-order valence-electron chi connectivity index (χ0n) is 12.2. The molecule has 2 heterocycles. The normalized spacial score (nSPS) is 23.5. The highest BCUT2D eigenvalue weighted by Gasteiger charge is 2.44. The minimum absolute atomic E-state index is 0.00758. The maximum absolute atomic E-state index is 12.5. The summed E-state index contributed by atoms with van der Waals surface area (Å²) in [6, 6.07) is 3.00. The number of carboxylic acids is 1. The minimum atomic E-state index is -1.90. The first-order chi connectivity index (χ1) is 10.9. The second kappa shape index (κ2) is 5.90. The Morgan fingerprint density at radius 1 is 1.26 bits per heavy atom. The number of aliphatic carboxylic acids is 1. The molecule has 0 bridgehead atoms. The molecule has 0 radical (unpaired) electrons. The number of carbonyl (C=O) groups is 2. The van der Waals surface area contributed by atoms with Gasteiger partial charge in [-0.3, -0.25) is 4.79 Å². The number of ether oxygens (including phenoxy) is 2. The van der Waals surface area contributed by atoms with E-state index >= 15 is 0 Å². The van der Waals surface area contributed by atoms with Crippen LogP contribution in [-0.2, 0) is 4.79 Å². The molecule has 8 heteroatoms. The fourth-order valence-corrected chi connectivity index (χ4v) is 2.94. The Morgan fingerprint density at radius 2 is 2.00 bits per heavy atom. The number of fused-ring (bicyclic) bond motifs is 1. The van der Waals surface area contributed by atoms with Crippen molar-refractivity contribution in [3.05, 3.63) is 22.7 Å². The van der Waals surface area contributed by atoms with E-state index in [9.17, 15) is 14.7 Å². The number of carboxylic acid groups (broad SMARTS) is 1. The average Bonchev–Trinajstić information content (AvgIpc) is 2.77. The number of carbonyl (C=O) groups excluding carboxylic acids is 1. The third-order valence-electron chi connectivity index (χ3n) is 3.98. The second-order valence-corrected chi connectivity index (χ2v) is 6.06. The van der Waals surface area contributed by atoms with Crippen LogP contribution in [0.4, 0.5) is 0 Å². The number of amides is 1. The van der Waals surface area contributed by atoms with Crippen molar-refractivity contribution in [2.45, 2.75) is 18.4 Å². The fourth-order valence-electron chi connectivity index (χ4n) is 2.68. The van der Waals surface area contributed by atoms with Gasteiger partial charge in [-0.15, -0.1) is 0 Å². The molecule has 23 heavy (non-hydrogen) atoms. The lowest BCUT2D eigenvalue weighted by Gasteiger charge is -2.20. The number of halogens is 1. The van der Waals surface area contributed by atoms with Crippen molar-refractivity contribution in [2.24, 2.45) is 0 Å². The molecule has 0 spiro atoms. The number of hydrogen-bond donors (Lipinski definition) is 2. The van der Waals surface area contributed by atoms with Crippen LogP contribution in [0.25, 0.3) is 0 Å². The van der Waals surface area contributed by atoms with E-state index in [1.807, 2.05) is 0 Å². The van der Waals surface area contributed by atoms with Crippen LogP contribution in [0.15, 0.2) is 12.1 Å². The number of benzene rings is 1. The number of nitrogens with zero attached hydrogens (tertiary/aromatic N) is 1. The highest BCUT2D eigenvalue weighted by atomic mass is 35.5. The molecule has 0 saturated carbocycles. The molecule has 2 aliphatic rings. The van der Waals surface area contributed by atoms with Gasteiger partial charge in [0.1, 0.15) is 0 Å². The number of aliphatic hydroxyl groups is 1. The molecular weight excluding hydrogens is 326 g/mol. The van der Waals surface area contributed by atoms with Crippen molar-refractivity contribution in [3.63, 3.8) is 0 Å². The molecule has 2 N–H and O–H groups in total.